The van der Waals surface area contributed by atoms with Gasteiger partial charge in [0.2, 0.25) is 0 Å². The van der Waals surface area contributed by atoms with E-state index in [0.717, 1.165) is 5.69 Å². The third-order valence-corrected chi connectivity index (χ3v) is 4.94. The summed E-state index contributed by atoms with van der Waals surface area (Å²) in [6.07, 6.45) is 1.62. The van der Waals surface area contributed by atoms with Gasteiger partial charge in [0.05, 0.1) is 24.0 Å². The van der Waals surface area contributed by atoms with Crippen molar-refractivity contribution in [2.45, 2.75) is 13.8 Å². The van der Waals surface area contributed by atoms with E-state index in [1.807, 2.05) is 36.4 Å². The van der Waals surface area contributed by atoms with Crippen molar-refractivity contribution in [3.63, 3.8) is 0 Å². The van der Waals surface area contributed by atoms with Crippen LogP contribution in [0.1, 0.15) is 45.3 Å². The SMILES string of the molecule is COC(=O)c1c(-c2cn(-c3ccccc3)nc2C(C)=O)c(C(C)=O)nn1-c1ccccc1. The Morgan fingerprint density at radius 2 is 1.34 bits per heavy atom. The molecule has 160 valence electrons. The first-order chi connectivity index (χ1) is 15.4. The fraction of sp³-hybridized carbons (Fsp3) is 0.125. The van der Waals surface area contributed by atoms with E-state index in [9.17, 15) is 14.4 Å². The Balaban J connectivity index is 2.06. The second-order valence-corrected chi connectivity index (χ2v) is 7.10. The zero-order chi connectivity index (χ0) is 22.8. The fourth-order valence-corrected chi connectivity index (χ4v) is 3.49. The van der Waals surface area contributed by atoms with Crippen molar-refractivity contribution in [2.75, 3.05) is 7.11 Å². The molecule has 0 saturated heterocycles. The minimum Gasteiger partial charge on any atom is -0.464 e. The highest BCUT2D eigenvalue weighted by molar-refractivity contribution is 6.09. The van der Waals surface area contributed by atoms with Crippen LogP contribution in [0.2, 0.25) is 0 Å². The molecule has 0 spiro atoms. The summed E-state index contributed by atoms with van der Waals surface area (Å²) in [6.45, 7) is 2.74. The molecule has 0 bridgehead atoms. The summed E-state index contributed by atoms with van der Waals surface area (Å²) in [6, 6.07) is 18.2. The van der Waals surface area contributed by atoms with Gasteiger partial charge in [0.15, 0.2) is 17.3 Å². The number of ether oxygens (including phenoxy) is 1. The van der Waals surface area contributed by atoms with Crippen LogP contribution < -0.4 is 0 Å². The van der Waals surface area contributed by atoms with Gasteiger partial charge in [-0.05, 0) is 24.3 Å². The van der Waals surface area contributed by atoms with E-state index in [1.165, 1.54) is 30.3 Å². The Kier molecular flexibility index (Phi) is 5.51. The van der Waals surface area contributed by atoms with Crippen molar-refractivity contribution in [3.05, 3.63) is 83.9 Å². The van der Waals surface area contributed by atoms with Crippen LogP contribution >= 0.6 is 0 Å². The number of hydrogen-bond acceptors (Lipinski definition) is 6. The van der Waals surface area contributed by atoms with Gasteiger partial charge in [-0.1, -0.05) is 36.4 Å². The lowest BCUT2D eigenvalue weighted by molar-refractivity contribution is 0.0591. The van der Waals surface area contributed by atoms with Gasteiger partial charge in [0, 0.05) is 25.6 Å². The average Bonchev–Trinajstić information content (AvgIpc) is 3.42. The molecule has 0 fully saturated rings. The Bertz CT molecular complexity index is 1320. The van der Waals surface area contributed by atoms with Gasteiger partial charge >= 0.3 is 5.97 Å². The number of carbonyl (C=O) groups is 3. The number of hydrogen-bond donors (Lipinski definition) is 0. The number of ketones is 2. The Morgan fingerprint density at radius 1 is 0.781 bits per heavy atom. The van der Waals surface area contributed by atoms with Crippen molar-refractivity contribution in [3.8, 4) is 22.5 Å². The molecule has 0 aliphatic carbocycles. The van der Waals surface area contributed by atoms with E-state index in [2.05, 4.69) is 10.2 Å². The molecule has 0 saturated carbocycles. The Labute approximate surface area is 184 Å². The standard InChI is InChI=1S/C24H20N4O4/c1-15(29)21-19(14-27(25-21)17-10-6-4-7-11-17)20-22(16(2)30)26-28(23(20)24(31)32-3)18-12-8-5-9-13-18/h4-14H,1-3H3. The van der Waals surface area contributed by atoms with E-state index in [-0.39, 0.29) is 34.2 Å². The average molecular weight is 428 g/mol. The highest BCUT2D eigenvalue weighted by atomic mass is 16.5. The maximum Gasteiger partial charge on any atom is 0.357 e. The lowest BCUT2D eigenvalue weighted by Crippen LogP contribution is -2.11. The van der Waals surface area contributed by atoms with Crippen LogP contribution in [0.5, 0.6) is 0 Å². The Hall–Kier alpha value is -4.33. The summed E-state index contributed by atoms with van der Waals surface area (Å²) in [5.74, 6) is -1.36. The van der Waals surface area contributed by atoms with Crippen molar-refractivity contribution in [2.24, 2.45) is 0 Å². The first-order valence-electron chi connectivity index (χ1n) is 9.86. The summed E-state index contributed by atoms with van der Waals surface area (Å²) in [5.41, 5.74) is 2.04. The zero-order valence-electron chi connectivity index (χ0n) is 17.8. The van der Waals surface area contributed by atoms with E-state index < -0.39 is 5.97 Å². The summed E-state index contributed by atoms with van der Waals surface area (Å²) in [5, 5.41) is 8.86. The molecule has 0 amide bonds. The van der Waals surface area contributed by atoms with Gasteiger partial charge in [-0.2, -0.15) is 10.2 Å². The predicted octanol–water partition coefficient (Wildman–Crippen LogP) is 3.92. The first-order valence-corrected chi connectivity index (χ1v) is 9.86. The van der Waals surface area contributed by atoms with E-state index in [1.54, 1.807) is 30.5 Å². The van der Waals surface area contributed by atoms with Crippen LogP contribution in [0.15, 0.2) is 66.9 Å². The minimum absolute atomic E-state index is 0.0408. The van der Waals surface area contributed by atoms with Crippen molar-refractivity contribution in [1.29, 1.82) is 0 Å². The molecule has 4 aromatic rings. The molecule has 8 nitrogen and oxygen atoms in total. The first kappa shape index (κ1) is 20.9. The summed E-state index contributed by atoms with van der Waals surface area (Å²) >= 11 is 0. The van der Waals surface area contributed by atoms with Gasteiger partial charge in [0.1, 0.15) is 11.4 Å². The third-order valence-electron chi connectivity index (χ3n) is 4.94. The topological polar surface area (TPSA) is 96.1 Å². The van der Waals surface area contributed by atoms with Crippen LogP contribution in [0, 0.1) is 0 Å². The largest absolute Gasteiger partial charge is 0.464 e. The minimum atomic E-state index is -0.689. The number of esters is 1. The van der Waals surface area contributed by atoms with E-state index in [4.69, 9.17) is 4.74 Å². The maximum atomic E-state index is 12.9. The van der Waals surface area contributed by atoms with Gasteiger partial charge in [-0.15, -0.1) is 0 Å². The molecule has 2 aromatic carbocycles. The highest BCUT2D eigenvalue weighted by Crippen LogP contribution is 2.33. The lowest BCUT2D eigenvalue weighted by atomic mass is 10.00. The van der Waals surface area contributed by atoms with Gasteiger partial charge < -0.3 is 4.74 Å². The molecule has 0 atom stereocenters. The van der Waals surface area contributed by atoms with Crippen LogP contribution in [0.25, 0.3) is 22.5 Å². The molecule has 2 aromatic heterocycles. The molecule has 4 rings (SSSR count). The normalized spacial score (nSPS) is 10.7. The number of rotatable bonds is 6. The quantitative estimate of drug-likeness (QED) is 0.341. The lowest BCUT2D eigenvalue weighted by Gasteiger charge is -2.07. The molecule has 0 aliphatic rings. The predicted molar refractivity (Wildman–Crippen MR) is 117 cm³/mol. The van der Waals surface area contributed by atoms with Crippen LogP contribution in [-0.4, -0.2) is 44.2 Å². The van der Waals surface area contributed by atoms with Crippen molar-refractivity contribution in [1.82, 2.24) is 19.6 Å². The van der Waals surface area contributed by atoms with Crippen LogP contribution in [0.4, 0.5) is 0 Å². The van der Waals surface area contributed by atoms with Gasteiger partial charge in [-0.3, -0.25) is 9.59 Å². The second-order valence-electron chi connectivity index (χ2n) is 7.10. The Morgan fingerprint density at radius 3 is 1.88 bits per heavy atom. The molecule has 2 heterocycles. The number of Topliss-reactive ketones (excluding diaryl/α,β-unsaturated/α-hetero) is 2. The van der Waals surface area contributed by atoms with Crippen LogP contribution in [0.3, 0.4) is 0 Å². The molecule has 32 heavy (non-hydrogen) atoms. The maximum absolute atomic E-state index is 12.9. The molecule has 0 N–H and O–H groups in total. The number of methoxy groups -OCH3 is 1. The monoisotopic (exact) mass is 428 g/mol. The van der Waals surface area contributed by atoms with Crippen molar-refractivity contribution < 1.29 is 19.1 Å². The van der Waals surface area contributed by atoms with Crippen LogP contribution in [-0.2, 0) is 4.74 Å². The fourth-order valence-electron chi connectivity index (χ4n) is 3.49. The summed E-state index contributed by atoms with van der Waals surface area (Å²) < 4.78 is 7.92. The number of para-hydroxylation sites is 2. The summed E-state index contributed by atoms with van der Waals surface area (Å²) in [7, 11) is 1.25. The van der Waals surface area contributed by atoms with Gasteiger partial charge in [0.25, 0.3) is 0 Å². The summed E-state index contributed by atoms with van der Waals surface area (Å²) in [4.78, 5) is 37.9. The molecule has 0 unspecified atom stereocenters. The van der Waals surface area contributed by atoms with E-state index >= 15 is 0 Å². The molecule has 0 aliphatic heterocycles. The molecular weight excluding hydrogens is 408 g/mol. The number of aromatic nitrogens is 4. The number of carbonyl (C=O) groups excluding carboxylic acids is 3. The molecule has 0 radical (unpaired) electrons. The second kappa shape index (κ2) is 8.43. The number of nitrogens with zero attached hydrogens (tertiary/aromatic N) is 4. The van der Waals surface area contributed by atoms with Gasteiger partial charge in [-0.25, -0.2) is 14.2 Å². The molecular formula is C24H20N4O4. The van der Waals surface area contributed by atoms with Crippen molar-refractivity contribution >= 4 is 17.5 Å². The zero-order valence-corrected chi connectivity index (χ0v) is 17.8. The highest BCUT2D eigenvalue weighted by Gasteiger charge is 2.31. The van der Waals surface area contributed by atoms with E-state index in [0.29, 0.717) is 11.3 Å². The smallest absolute Gasteiger partial charge is 0.357 e. The number of benzene rings is 2. The third kappa shape index (κ3) is 3.62. The molecule has 8 heteroatoms.